The molecule has 5 rings (SSSR count). The first kappa shape index (κ1) is 26.7. The maximum absolute atomic E-state index is 13.0. The van der Waals surface area contributed by atoms with Crippen LogP contribution in [0.5, 0.6) is 5.75 Å². The summed E-state index contributed by atoms with van der Waals surface area (Å²) in [5.41, 5.74) is 6.29. The first-order valence-electron chi connectivity index (χ1n) is 13.2. The summed E-state index contributed by atoms with van der Waals surface area (Å²) in [6.07, 6.45) is 4.39. The van der Waals surface area contributed by atoms with Crippen LogP contribution in [0.15, 0.2) is 72.9 Å². The number of nitrogens with zero attached hydrogens (tertiary/aromatic N) is 3. The molecule has 1 aromatic heterocycles. The molecular weight excluding hydrogens is 506 g/mol. The summed E-state index contributed by atoms with van der Waals surface area (Å²) < 4.78 is 5.38. The highest BCUT2D eigenvalue weighted by Crippen LogP contribution is 2.43. The van der Waals surface area contributed by atoms with E-state index in [1.54, 1.807) is 13.3 Å². The van der Waals surface area contributed by atoms with Crippen molar-refractivity contribution < 1.29 is 9.53 Å². The number of thiocarbonyl (C=S) groups is 1. The van der Waals surface area contributed by atoms with Crippen LogP contribution < -0.4 is 20.3 Å². The number of anilines is 2. The van der Waals surface area contributed by atoms with E-state index in [4.69, 9.17) is 17.0 Å². The maximum Gasteiger partial charge on any atom is 0.226 e. The second-order valence-corrected chi connectivity index (χ2v) is 11.0. The van der Waals surface area contributed by atoms with Gasteiger partial charge in [-0.3, -0.25) is 9.78 Å². The lowest BCUT2D eigenvalue weighted by molar-refractivity contribution is -0.116. The molecule has 0 spiro atoms. The normalized spacial score (nSPS) is 19.7. The number of hydrogen-bond donors (Lipinski definition) is 2. The molecule has 3 aromatic rings. The third-order valence-electron chi connectivity index (χ3n) is 7.74. The summed E-state index contributed by atoms with van der Waals surface area (Å²) in [6, 6.07) is 19.7. The van der Waals surface area contributed by atoms with Crippen LogP contribution in [0.2, 0.25) is 0 Å². The summed E-state index contributed by atoms with van der Waals surface area (Å²) in [5, 5.41) is 7.08. The molecule has 2 aromatic carbocycles. The number of hydrogen-bond acceptors (Lipinski definition) is 5. The quantitative estimate of drug-likeness (QED) is 0.371. The van der Waals surface area contributed by atoms with Gasteiger partial charge in [0.25, 0.3) is 0 Å². The van der Waals surface area contributed by atoms with E-state index in [0.29, 0.717) is 23.1 Å². The molecule has 0 radical (unpaired) electrons. The van der Waals surface area contributed by atoms with E-state index in [0.717, 1.165) is 11.3 Å². The van der Waals surface area contributed by atoms with E-state index in [1.807, 2.05) is 42.5 Å². The minimum Gasteiger partial charge on any atom is -0.495 e. The van der Waals surface area contributed by atoms with Gasteiger partial charge in [-0.1, -0.05) is 30.3 Å². The zero-order valence-corrected chi connectivity index (χ0v) is 23.9. The first-order valence-corrected chi connectivity index (χ1v) is 13.6. The molecule has 1 fully saturated rings. The van der Waals surface area contributed by atoms with Gasteiger partial charge >= 0.3 is 0 Å². The van der Waals surface area contributed by atoms with E-state index in [-0.39, 0.29) is 30.0 Å². The van der Waals surface area contributed by atoms with Crippen molar-refractivity contribution in [3.63, 3.8) is 0 Å². The standard InChI is InChI=1S/C31H35N5O2S/c1-20-19-31(2,3)35(4)25-14-13-21(18-22(20)25)29-28(24-11-8-9-16-32-24)34-30(39)36(29)17-15-27(37)33-23-10-6-7-12-26(23)38-5/h6-14,16,18-19,28-29H,15,17H2,1-5H3,(H,33,37)(H,34,39)/t28-,29-/m0/s1. The molecule has 3 heterocycles. The molecule has 1 saturated heterocycles. The minimum atomic E-state index is -0.143. The first-order chi connectivity index (χ1) is 18.7. The molecule has 0 bridgehead atoms. The third kappa shape index (κ3) is 5.21. The van der Waals surface area contributed by atoms with Gasteiger partial charge < -0.3 is 25.2 Å². The number of methoxy groups -OCH3 is 1. The number of allylic oxidation sites excluding steroid dienone is 1. The van der Waals surface area contributed by atoms with Gasteiger partial charge in [0.1, 0.15) is 5.75 Å². The molecular formula is C31H35N5O2S. The van der Waals surface area contributed by atoms with Crippen LogP contribution in [-0.2, 0) is 4.79 Å². The van der Waals surface area contributed by atoms with Crippen molar-refractivity contribution in [2.75, 3.05) is 30.9 Å². The van der Waals surface area contributed by atoms with Crippen LogP contribution in [0.25, 0.3) is 5.57 Å². The second-order valence-electron chi connectivity index (χ2n) is 10.6. The molecule has 0 aliphatic carbocycles. The summed E-state index contributed by atoms with van der Waals surface area (Å²) in [4.78, 5) is 22.1. The number of carbonyl (C=O) groups is 1. The predicted molar refractivity (Wildman–Crippen MR) is 161 cm³/mol. The van der Waals surface area contributed by atoms with Gasteiger partial charge in [0.2, 0.25) is 5.91 Å². The SMILES string of the molecule is COc1ccccc1NC(=O)CCN1C(=S)N[C@@H](c2ccccn2)[C@@H]1c1ccc2c(c1)C(C)=CC(C)(C)N2C. The van der Waals surface area contributed by atoms with Gasteiger partial charge in [-0.05, 0) is 80.5 Å². The van der Waals surface area contributed by atoms with Crippen molar-refractivity contribution in [2.24, 2.45) is 0 Å². The molecule has 39 heavy (non-hydrogen) atoms. The van der Waals surface area contributed by atoms with Crippen molar-refractivity contribution >= 4 is 40.2 Å². The summed E-state index contributed by atoms with van der Waals surface area (Å²) in [7, 11) is 3.73. The molecule has 2 N–H and O–H groups in total. The molecule has 2 atom stereocenters. The summed E-state index contributed by atoms with van der Waals surface area (Å²) in [5.74, 6) is 0.526. The Bertz CT molecular complexity index is 1420. The van der Waals surface area contributed by atoms with Crippen LogP contribution in [0.3, 0.4) is 0 Å². The van der Waals surface area contributed by atoms with Gasteiger partial charge in [-0.2, -0.15) is 0 Å². The van der Waals surface area contributed by atoms with E-state index < -0.39 is 0 Å². The van der Waals surface area contributed by atoms with Gasteiger partial charge in [-0.25, -0.2) is 0 Å². The van der Waals surface area contributed by atoms with Crippen LogP contribution in [-0.4, -0.2) is 47.1 Å². The van der Waals surface area contributed by atoms with E-state index in [1.165, 1.54) is 16.8 Å². The molecule has 1 amide bonds. The fourth-order valence-electron chi connectivity index (χ4n) is 5.55. The number of pyridine rings is 1. The Balaban J connectivity index is 1.45. The fraction of sp³-hybridized carbons (Fsp3) is 0.323. The van der Waals surface area contributed by atoms with Crippen molar-refractivity contribution in [3.05, 3.63) is 89.8 Å². The Kier molecular flexibility index (Phi) is 7.32. The number of nitrogens with one attached hydrogen (secondary N) is 2. The van der Waals surface area contributed by atoms with Crippen LogP contribution in [0, 0.1) is 0 Å². The number of ether oxygens (including phenoxy) is 1. The number of benzene rings is 2. The number of rotatable bonds is 7. The minimum absolute atomic E-state index is 0.0631. The fourth-order valence-corrected chi connectivity index (χ4v) is 5.89. The number of para-hydroxylation sites is 2. The summed E-state index contributed by atoms with van der Waals surface area (Å²) in [6.45, 7) is 7.08. The average molecular weight is 542 g/mol. The smallest absolute Gasteiger partial charge is 0.226 e. The monoisotopic (exact) mass is 541 g/mol. The van der Waals surface area contributed by atoms with Gasteiger partial charge in [0.05, 0.1) is 36.1 Å². The highest BCUT2D eigenvalue weighted by Gasteiger charge is 2.40. The van der Waals surface area contributed by atoms with E-state index in [9.17, 15) is 4.79 Å². The predicted octanol–water partition coefficient (Wildman–Crippen LogP) is 5.72. The van der Waals surface area contributed by atoms with Crippen molar-refractivity contribution in [2.45, 2.75) is 44.8 Å². The Morgan fingerprint density at radius 2 is 1.92 bits per heavy atom. The number of carbonyl (C=O) groups excluding carboxylic acids is 1. The lowest BCUT2D eigenvalue weighted by Gasteiger charge is -2.41. The lowest BCUT2D eigenvalue weighted by Crippen LogP contribution is -2.42. The number of amides is 1. The van der Waals surface area contributed by atoms with E-state index >= 15 is 0 Å². The van der Waals surface area contributed by atoms with Gasteiger partial charge in [-0.15, -0.1) is 0 Å². The Morgan fingerprint density at radius 3 is 2.67 bits per heavy atom. The zero-order valence-electron chi connectivity index (χ0n) is 23.1. The molecule has 2 aliphatic rings. The zero-order chi connectivity index (χ0) is 27.7. The topological polar surface area (TPSA) is 69.7 Å². The van der Waals surface area contributed by atoms with Crippen LogP contribution >= 0.6 is 12.2 Å². The number of aromatic nitrogens is 1. The highest BCUT2D eigenvalue weighted by molar-refractivity contribution is 7.80. The molecule has 0 saturated carbocycles. The number of fused-ring (bicyclic) bond motifs is 1. The number of likely N-dealkylation sites (N-methyl/N-ethyl adjacent to an activating group) is 1. The van der Waals surface area contributed by atoms with Crippen LogP contribution in [0.4, 0.5) is 11.4 Å². The Labute approximate surface area is 235 Å². The molecule has 2 aliphatic heterocycles. The second kappa shape index (κ2) is 10.7. The molecule has 8 heteroatoms. The molecule has 0 unspecified atom stereocenters. The lowest BCUT2D eigenvalue weighted by atomic mass is 9.86. The van der Waals surface area contributed by atoms with Crippen molar-refractivity contribution in [3.8, 4) is 5.75 Å². The Morgan fingerprint density at radius 1 is 1.15 bits per heavy atom. The van der Waals surface area contributed by atoms with E-state index in [2.05, 4.69) is 77.5 Å². The third-order valence-corrected chi connectivity index (χ3v) is 8.09. The highest BCUT2D eigenvalue weighted by atomic mass is 32.1. The maximum atomic E-state index is 13.0. The summed E-state index contributed by atoms with van der Waals surface area (Å²) >= 11 is 5.82. The average Bonchev–Trinajstić information content (AvgIpc) is 3.27. The largest absolute Gasteiger partial charge is 0.495 e. The molecule has 7 nitrogen and oxygen atoms in total. The van der Waals surface area contributed by atoms with Crippen molar-refractivity contribution in [1.82, 2.24) is 15.2 Å². The van der Waals surface area contributed by atoms with Gasteiger partial charge in [0.15, 0.2) is 5.11 Å². The Hall–Kier alpha value is -3.91. The van der Waals surface area contributed by atoms with Crippen molar-refractivity contribution in [1.29, 1.82) is 0 Å². The van der Waals surface area contributed by atoms with Crippen LogP contribution in [0.1, 0.15) is 56.1 Å². The van der Waals surface area contributed by atoms with Gasteiger partial charge in [0, 0.05) is 37.5 Å². The molecule has 202 valence electrons.